The molecule has 2 N–H and O–H groups in total. The summed E-state index contributed by atoms with van der Waals surface area (Å²) in [7, 11) is 5.21. The molecule has 2 aromatic rings. The monoisotopic (exact) mass is 398 g/mol. The minimum atomic E-state index is -0.240. The van der Waals surface area contributed by atoms with Crippen LogP contribution in [0.4, 0.5) is 5.69 Å². The quantitative estimate of drug-likeness (QED) is 0.679. The number of nitrogens with one attached hydrogen (secondary N) is 2. The molecule has 0 bridgehead atoms. The molecule has 0 aliphatic heterocycles. The molecule has 0 saturated carbocycles. The first-order valence-electron chi connectivity index (χ1n) is 9.86. The van der Waals surface area contributed by atoms with Gasteiger partial charge in [0, 0.05) is 24.4 Å². The zero-order valence-electron chi connectivity index (χ0n) is 18.0. The standard InChI is InChI=1S/C23H31N3O3/c1-17(2)19-11-9-18(10-12-19)14-25(3)16-23(28)26(4)15-22(27)24-20-7-6-8-21(13-20)29-5/h6-13,17H,14-16H2,1-5H3,(H,24,27)/p+1. The normalized spacial score (nSPS) is 11.8. The van der Waals surface area contributed by atoms with Gasteiger partial charge in [0.15, 0.2) is 6.54 Å². The lowest BCUT2D eigenvalue weighted by Crippen LogP contribution is -3.08. The highest BCUT2D eigenvalue weighted by Gasteiger charge is 2.17. The van der Waals surface area contributed by atoms with Crippen LogP contribution in [0.1, 0.15) is 30.9 Å². The molecule has 0 spiro atoms. The molecule has 0 heterocycles. The van der Waals surface area contributed by atoms with E-state index in [-0.39, 0.29) is 18.4 Å². The molecule has 2 rings (SSSR count). The summed E-state index contributed by atoms with van der Waals surface area (Å²) < 4.78 is 5.15. The average molecular weight is 399 g/mol. The lowest BCUT2D eigenvalue weighted by atomic mass is 10.0. The number of carbonyl (C=O) groups excluding carboxylic acids is 2. The van der Waals surface area contributed by atoms with Crippen LogP contribution >= 0.6 is 0 Å². The summed E-state index contributed by atoms with van der Waals surface area (Å²) in [5.41, 5.74) is 3.14. The fraction of sp³-hybridized carbons (Fsp3) is 0.391. The lowest BCUT2D eigenvalue weighted by molar-refractivity contribution is -0.885. The van der Waals surface area contributed by atoms with Gasteiger partial charge in [-0.15, -0.1) is 0 Å². The van der Waals surface area contributed by atoms with Gasteiger partial charge in [0.1, 0.15) is 12.3 Å². The number of amides is 2. The molecule has 0 saturated heterocycles. The summed E-state index contributed by atoms with van der Waals surface area (Å²) in [5.74, 6) is 0.865. The number of quaternary nitrogens is 1. The smallest absolute Gasteiger partial charge is 0.277 e. The van der Waals surface area contributed by atoms with Gasteiger partial charge in [-0.05, 0) is 23.6 Å². The summed E-state index contributed by atoms with van der Waals surface area (Å²) in [5, 5.41) is 2.79. The van der Waals surface area contributed by atoms with Gasteiger partial charge in [-0.3, -0.25) is 9.59 Å². The molecule has 0 aliphatic carbocycles. The van der Waals surface area contributed by atoms with Crippen molar-refractivity contribution < 1.29 is 19.2 Å². The maximum atomic E-state index is 12.5. The SMILES string of the molecule is COc1cccc(NC(=O)CN(C)C(=O)C[NH+](C)Cc2ccc(C(C)C)cc2)c1. The highest BCUT2D eigenvalue weighted by Crippen LogP contribution is 2.16. The summed E-state index contributed by atoms with van der Waals surface area (Å²) in [6.07, 6.45) is 0. The Hall–Kier alpha value is -2.86. The van der Waals surface area contributed by atoms with Crippen LogP contribution in [0, 0.1) is 0 Å². The van der Waals surface area contributed by atoms with Crippen LogP contribution < -0.4 is 15.0 Å². The van der Waals surface area contributed by atoms with Crippen molar-refractivity contribution in [2.24, 2.45) is 0 Å². The van der Waals surface area contributed by atoms with Crippen molar-refractivity contribution in [2.75, 3.05) is 39.6 Å². The van der Waals surface area contributed by atoms with Crippen molar-refractivity contribution in [2.45, 2.75) is 26.3 Å². The number of nitrogens with zero attached hydrogens (tertiary/aromatic N) is 1. The van der Waals surface area contributed by atoms with Gasteiger partial charge in [0.2, 0.25) is 5.91 Å². The zero-order chi connectivity index (χ0) is 21.4. The van der Waals surface area contributed by atoms with Gasteiger partial charge in [0.25, 0.3) is 5.91 Å². The molecule has 0 radical (unpaired) electrons. The Labute approximate surface area is 173 Å². The van der Waals surface area contributed by atoms with Crippen LogP contribution in [0.2, 0.25) is 0 Å². The molecule has 2 aromatic carbocycles. The van der Waals surface area contributed by atoms with E-state index in [4.69, 9.17) is 4.74 Å². The van der Waals surface area contributed by atoms with E-state index in [0.29, 0.717) is 23.9 Å². The van der Waals surface area contributed by atoms with Crippen molar-refractivity contribution in [1.82, 2.24) is 4.90 Å². The summed E-state index contributed by atoms with van der Waals surface area (Å²) >= 11 is 0. The molecular formula is C23H32N3O3+. The van der Waals surface area contributed by atoms with Crippen LogP contribution in [-0.4, -0.2) is 51.0 Å². The van der Waals surface area contributed by atoms with Crippen molar-refractivity contribution in [3.05, 3.63) is 59.7 Å². The second kappa shape index (κ2) is 10.6. The number of hydrogen-bond donors (Lipinski definition) is 2. The molecule has 0 aliphatic rings. The fourth-order valence-electron chi connectivity index (χ4n) is 3.03. The predicted octanol–water partition coefficient (Wildman–Crippen LogP) is 1.93. The molecule has 156 valence electrons. The molecule has 6 heteroatoms. The third kappa shape index (κ3) is 7.23. The predicted molar refractivity (Wildman–Crippen MR) is 115 cm³/mol. The van der Waals surface area contributed by atoms with Crippen LogP contribution in [0.15, 0.2) is 48.5 Å². The first kappa shape index (κ1) is 22.4. The Morgan fingerprint density at radius 3 is 2.45 bits per heavy atom. The second-order valence-corrected chi connectivity index (χ2v) is 7.74. The molecule has 6 nitrogen and oxygen atoms in total. The molecule has 1 unspecified atom stereocenters. The number of anilines is 1. The molecule has 29 heavy (non-hydrogen) atoms. The molecule has 1 atom stereocenters. The molecule has 2 amide bonds. The highest BCUT2D eigenvalue weighted by molar-refractivity contribution is 5.94. The Balaban J connectivity index is 1.81. The van der Waals surface area contributed by atoms with E-state index < -0.39 is 0 Å². The average Bonchev–Trinajstić information content (AvgIpc) is 2.68. The van der Waals surface area contributed by atoms with E-state index in [1.54, 1.807) is 38.4 Å². The maximum Gasteiger partial charge on any atom is 0.277 e. The molecule has 0 fully saturated rings. The highest BCUT2D eigenvalue weighted by atomic mass is 16.5. The topological polar surface area (TPSA) is 63.1 Å². The van der Waals surface area contributed by atoms with Gasteiger partial charge in [0.05, 0.1) is 20.7 Å². The Bertz CT molecular complexity index is 818. The Kier molecular flexibility index (Phi) is 8.21. The largest absolute Gasteiger partial charge is 0.497 e. The lowest BCUT2D eigenvalue weighted by Gasteiger charge is -2.20. The van der Waals surface area contributed by atoms with Crippen LogP contribution in [0.3, 0.4) is 0 Å². The summed E-state index contributed by atoms with van der Waals surface area (Å²) in [6.45, 7) is 5.44. The van der Waals surface area contributed by atoms with E-state index >= 15 is 0 Å². The van der Waals surface area contributed by atoms with Crippen LogP contribution in [-0.2, 0) is 16.1 Å². The number of carbonyl (C=O) groups is 2. The summed E-state index contributed by atoms with van der Waals surface area (Å²) in [6, 6.07) is 15.7. The summed E-state index contributed by atoms with van der Waals surface area (Å²) in [4.78, 5) is 27.3. The minimum Gasteiger partial charge on any atom is -0.497 e. The van der Waals surface area contributed by atoms with E-state index in [1.807, 2.05) is 7.05 Å². The number of likely N-dealkylation sites (N-methyl/N-ethyl adjacent to an activating group) is 2. The fourth-order valence-corrected chi connectivity index (χ4v) is 3.03. The third-order valence-electron chi connectivity index (χ3n) is 4.77. The van der Waals surface area contributed by atoms with Crippen LogP contribution in [0.5, 0.6) is 5.75 Å². The van der Waals surface area contributed by atoms with Crippen molar-refractivity contribution in [1.29, 1.82) is 0 Å². The van der Waals surface area contributed by atoms with Crippen LogP contribution in [0.25, 0.3) is 0 Å². The second-order valence-electron chi connectivity index (χ2n) is 7.74. The van der Waals surface area contributed by atoms with E-state index in [2.05, 4.69) is 43.4 Å². The molecular weight excluding hydrogens is 366 g/mol. The maximum absolute atomic E-state index is 12.5. The van der Waals surface area contributed by atoms with Gasteiger partial charge in [-0.1, -0.05) is 44.2 Å². The minimum absolute atomic E-state index is 0.00636. The van der Waals surface area contributed by atoms with Gasteiger partial charge in [-0.25, -0.2) is 0 Å². The number of hydrogen-bond acceptors (Lipinski definition) is 3. The van der Waals surface area contributed by atoms with Gasteiger partial charge < -0.3 is 19.9 Å². The first-order chi connectivity index (χ1) is 13.8. The number of ether oxygens (including phenoxy) is 1. The molecule has 0 aromatic heterocycles. The Morgan fingerprint density at radius 2 is 1.83 bits per heavy atom. The number of methoxy groups -OCH3 is 1. The van der Waals surface area contributed by atoms with E-state index in [9.17, 15) is 9.59 Å². The van der Waals surface area contributed by atoms with Crippen molar-refractivity contribution in [3.63, 3.8) is 0 Å². The van der Waals surface area contributed by atoms with Crippen molar-refractivity contribution >= 4 is 17.5 Å². The van der Waals surface area contributed by atoms with Crippen molar-refractivity contribution in [3.8, 4) is 5.75 Å². The number of benzene rings is 2. The first-order valence-corrected chi connectivity index (χ1v) is 9.86. The number of rotatable bonds is 9. The third-order valence-corrected chi connectivity index (χ3v) is 4.77. The Morgan fingerprint density at radius 1 is 1.14 bits per heavy atom. The van der Waals surface area contributed by atoms with E-state index in [0.717, 1.165) is 11.4 Å². The van der Waals surface area contributed by atoms with Gasteiger partial charge >= 0.3 is 0 Å². The van der Waals surface area contributed by atoms with Gasteiger partial charge in [-0.2, -0.15) is 0 Å². The zero-order valence-corrected chi connectivity index (χ0v) is 18.0. The van der Waals surface area contributed by atoms with E-state index in [1.165, 1.54) is 16.0 Å².